The van der Waals surface area contributed by atoms with Crippen molar-refractivity contribution in [2.45, 2.75) is 25.2 Å². The summed E-state index contributed by atoms with van der Waals surface area (Å²) in [7, 11) is 3.49. The minimum atomic E-state index is 0.0880. The second-order valence-electron chi connectivity index (χ2n) is 4.67. The molecule has 6 heteroatoms. The molecule has 0 radical (unpaired) electrons. The van der Waals surface area contributed by atoms with Gasteiger partial charge in [0.2, 0.25) is 5.91 Å². The summed E-state index contributed by atoms with van der Waals surface area (Å²) in [5.74, 6) is 2.06. The van der Waals surface area contributed by atoms with E-state index in [1.165, 1.54) is 0 Å². The number of halogens is 1. The summed E-state index contributed by atoms with van der Waals surface area (Å²) in [4.78, 5) is 21.6. The van der Waals surface area contributed by atoms with Gasteiger partial charge in [-0.05, 0) is 12.8 Å². The fraction of sp³-hybridized carbons (Fsp3) is 0.583. The molecule has 1 aliphatic carbocycles. The number of anilines is 1. The van der Waals surface area contributed by atoms with E-state index in [4.69, 9.17) is 11.6 Å². The molecule has 0 aliphatic heterocycles. The Labute approximate surface area is 112 Å². The molecule has 1 fully saturated rings. The highest BCUT2D eigenvalue weighted by Gasteiger charge is 2.27. The van der Waals surface area contributed by atoms with E-state index >= 15 is 0 Å². The van der Waals surface area contributed by atoms with Gasteiger partial charge in [-0.15, -0.1) is 0 Å². The normalized spacial score (nSPS) is 14.4. The Hall–Kier alpha value is -1.36. The number of amides is 1. The van der Waals surface area contributed by atoms with E-state index in [1.807, 2.05) is 0 Å². The highest BCUT2D eigenvalue weighted by molar-refractivity contribution is 6.29. The molecule has 0 bridgehead atoms. The van der Waals surface area contributed by atoms with Gasteiger partial charge in [0.05, 0.1) is 0 Å². The second-order valence-corrected chi connectivity index (χ2v) is 5.06. The standard InChI is InChI=1S/C12H17ClN4O/c1-17(2)11(18)5-6-14-10-7-9(13)15-12(16-10)8-3-4-8/h7-8H,3-6H2,1-2H3,(H,14,15,16). The number of nitrogens with zero attached hydrogens (tertiary/aromatic N) is 3. The van der Waals surface area contributed by atoms with Crippen molar-refractivity contribution >= 4 is 23.3 Å². The molecule has 0 spiro atoms. The van der Waals surface area contributed by atoms with Crippen LogP contribution in [0.1, 0.15) is 31.0 Å². The summed E-state index contributed by atoms with van der Waals surface area (Å²) in [5, 5.41) is 3.56. The fourth-order valence-corrected chi connectivity index (χ4v) is 1.76. The topological polar surface area (TPSA) is 58.1 Å². The van der Waals surface area contributed by atoms with Gasteiger partial charge in [0.15, 0.2) is 0 Å². The predicted octanol–water partition coefficient (Wildman–Crippen LogP) is 1.90. The Kier molecular flexibility index (Phi) is 4.01. The lowest BCUT2D eigenvalue weighted by Crippen LogP contribution is -2.24. The van der Waals surface area contributed by atoms with E-state index in [2.05, 4.69) is 15.3 Å². The van der Waals surface area contributed by atoms with Gasteiger partial charge in [-0.1, -0.05) is 11.6 Å². The smallest absolute Gasteiger partial charge is 0.223 e. The molecule has 1 aromatic rings. The summed E-state index contributed by atoms with van der Waals surface area (Å²) >= 11 is 5.95. The van der Waals surface area contributed by atoms with Crippen LogP contribution in [0.2, 0.25) is 5.15 Å². The molecule has 98 valence electrons. The number of rotatable bonds is 5. The van der Waals surface area contributed by atoms with E-state index in [9.17, 15) is 4.79 Å². The van der Waals surface area contributed by atoms with Gasteiger partial charge in [-0.2, -0.15) is 0 Å². The average molecular weight is 269 g/mol. The molecule has 1 aliphatic rings. The summed E-state index contributed by atoms with van der Waals surface area (Å²) in [5.41, 5.74) is 0. The van der Waals surface area contributed by atoms with Gasteiger partial charge in [0, 0.05) is 39.0 Å². The molecule has 1 N–H and O–H groups in total. The number of carbonyl (C=O) groups excluding carboxylic acids is 1. The third-order valence-electron chi connectivity index (χ3n) is 2.80. The van der Waals surface area contributed by atoms with Crippen LogP contribution in [-0.2, 0) is 4.79 Å². The van der Waals surface area contributed by atoms with Gasteiger partial charge in [-0.25, -0.2) is 9.97 Å². The van der Waals surface area contributed by atoms with Crippen LogP contribution in [0.15, 0.2) is 6.07 Å². The van der Waals surface area contributed by atoms with Crippen LogP contribution in [0.5, 0.6) is 0 Å². The third-order valence-corrected chi connectivity index (χ3v) is 2.99. The first kappa shape index (κ1) is 13.1. The third kappa shape index (κ3) is 3.57. The molecule has 5 nitrogen and oxygen atoms in total. The molecule has 1 amide bonds. The zero-order valence-corrected chi connectivity index (χ0v) is 11.4. The molecule has 2 rings (SSSR count). The van der Waals surface area contributed by atoms with Crippen molar-refractivity contribution in [3.63, 3.8) is 0 Å². The SMILES string of the molecule is CN(C)C(=O)CCNc1cc(Cl)nc(C2CC2)n1. The Morgan fingerprint density at radius 1 is 1.50 bits per heavy atom. The van der Waals surface area contributed by atoms with Crippen molar-refractivity contribution in [3.8, 4) is 0 Å². The summed E-state index contributed by atoms with van der Waals surface area (Å²) in [6.07, 6.45) is 2.71. The monoisotopic (exact) mass is 268 g/mol. The molecule has 18 heavy (non-hydrogen) atoms. The molecular formula is C12H17ClN4O. The van der Waals surface area contributed by atoms with Gasteiger partial charge in [-0.3, -0.25) is 4.79 Å². The molecule has 0 unspecified atom stereocenters. The molecule has 1 heterocycles. The van der Waals surface area contributed by atoms with Crippen molar-refractivity contribution in [2.75, 3.05) is 26.0 Å². The molecule has 1 saturated carbocycles. The van der Waals surface area contributed by atoms with Crippen LogP contribution in [-0.4, -0.2) is 41.4 Å². The van der Waals surface area contributed by atoms with E-state index < -0.39 is 0 Å². The van der Waals surface area contributed by atoms with Crippen LogP contribution >= 0.6 is 11.6 Å². The largest absolute Gasteiger partial charge is 0.369 e. The molecule has 0 atom stereocenters. The summed E-state index contributed by atoms with van der Waals surface area (Å²) in [6, 6.07) is 1.69. The van der Waals surface area contributed by atoms with Gasteiger partial charge in [0.25, 0.3) is 0 Å². The highest BCUT2D eigenvalue weighted by atomic mass is 35.5. The zero-order chi connectivity index (χ0) is 13.1. The Balaban J connectivity index is 1.90. The van der Waals surface area contributed by atoms with E-state index in [0.29, 0.717) is 29.9 Å². The van der Waals surface area contributed by atoms with E-state index in [-0.39, 0.29) is 5.91 Å². The van der Waals surface area contributed by atoms with Gasteiger partial charge >= 0.3 is 0 Å². The highest BCUT2D eigenvalue weighted by Crippen LogP contribution is 2.38. The predicted molar refractivity (Wildman–Crippen MR) is 70.8 cm³/mol. The average Bonchev–Trinajstić information content (AvgIpc) is 3.11. The van der Waals surface area contributed by atoms with Crippen LogP contribution in [0.3, 0.4) is 0 Å². The fourth-order valence-electron chi connectivity index (χ4n) is 1.57. The van der Waals surface area contributed by atoms with Crippen molar-refractivity contribution in [3.05, 3.63) is 17.0 Å². The van der Waals surface area contributed by atoms with Crippen molar-refractivity contribution in [1.82, 2.24) is 14.9 Å². The lowest BCUT2D eigenvalue weighted by molar-refractivity contribution is -0.128. The van der Waals surface area contributed by atoms with Crippen molar-refractivity contribution in [2.24, 2.45) is 0 Å². The van der Waals surface area contributed by atoms with E-state index in [1.54, 1.807) is 25.1 Å². The molecule has 0 aromatic carbocycles. The van der Waals surface area contributed by atoms with Gasteiger partial charge < -0.3 is 10.2 Å². The number of hydrogen-bond acceptors (Lipinski definition) is 4. The first-order valence-corrected chi connectivity index (χ1v) is 6.42. The summed E-state index contributed by atoms with van der Waals surface area (Å²) in [6.45, 7) is 0.550. The minimum absolute atomic E-state index is 0.0880. The maximum Gasteiger partial charge on any atom is 0.223 e. The van der Waals surface area contributed by atoms with Crippen molar-refractivity contribution < 1.29 is 4.79 Å². The van der Waals surface area contributed by atoms with Crippen LogP contribution in [0, 0.1) is 0 Å². The molecular weight excluding hydrogens is 252 g/mol. The van der Waals surface area contributed by atoms with Crippen molar-refractivity contribution in [1.29, 1.82) is 0 Å². The van der Waals surface area contributed by atoms with E-state index in [0.717, 1.165) is 18.7 Å². The number of carbonyl (C=O) groups is 1. The minimum Gasteiger partial charge on any atom is -0.369 e. The Morgan fingerprint density at radius 2 is 2.22 bits per heavy atom. The quantitative estimate of drug-likeness (QED) is 0.829. The number of hydrogen-bond donors (Lipinski definition) is 1. The Bertz CT molecular complexity index is 446. The number of nitrogens with one attached hydrogen (secondary N) is 1. The molecule has 0 saturated heterocycles. The van der Waals surface area contributed by atoms with Crippen LogP contribution < -0.4 is 5.32 Å². The molecule has 1 aromatic heterocycles. The van der Waals surface area contributed by atoms with Crippen LogP contribution in [0.4, 0.5) is 5.82 Å². The number of aromatic nitrogens is 2. The zero-order valence-electron chi connectivity index (χ0n) is 10.6. The second kappa shape index (κ2) is 5.52. The van der Waals surface area contributed by atoms with Crippen LogP contribution in [0.25, 0.3) is 0 Å². The lowest BCUT2D eigenvalue weighted by Gasteiger charge is -2.11. The lowest BCUT2D eigenvalue weighted by atomic mass is 10.3. The Morgan fingerprint density at radius 3 is 2.83 bits per heavy atom. The van der Waals surface area contributed by atoms with Gasteiger partial charge in [0.1, 0.15) is 16.8 Å². The maximum atomic E-state index is 11.4. The maximum absolute atomic E-state index is 11.4. The first-order valence-electron chi connectivity index (χ1n) is 6.05. The summed E-state index contributed by atoms with van der Waals surface area (Å²) < 4.78 is 0. The first-order chi connectivity index (χ1) is 8.56.